The molecule has 2 heterocycles. The van der Waals surface area contributed by atoms with Gasteiger partial charge in [0, 0.05) is 6.07 Å². The Morgan fingerprint density at radius 3 is 2.77 bits per heavy atom. The number of allylic oxidation sites excluding steroid dienone is 1. The fourth-order valence-corrected chi connectivity index (χ4v) is 5.08. The molecule has 0 aromatic carbocycles. The third kappa shape index (κ3) is 3.84. The van der Waals surface area contributed by atoms with Gasteiger partial charge in [-0.05, 0) is 31.9 Å². The zero-order valence-corrected chi connectivity index (χ0v) is 17.5. The van der Waals surface area contributed by atoms with E-state index < -0.39 is 39.4 Å². The lowest BCUT2D eigenvalue weighted by Crippen LogP contribution is -2.52. The largest absolute Gasteiger partial charge is 0.502 e. The summed E-state index contributed by atoms with van der Waals surface area (Å²) in [6.07, 6.45) is 10.2. The first-order valence-electron chi connectivity index (χ1n) is 9.55. The van der Waals surface area contributed by atoms with Gasteiger partial charge in [0.25, 0.3) is 0 Å². The molecular weight excluding hydrogens is 427 g/mol. The Hall–Kier alpha value is -3.10. The Kier molecular flexibility index (Phi) is 5.15. The number of alkyl halides is 1. The molecule has 1 unspecified atom stereocenters. The monoisotopic (exact) mass is 447 g/mol. The fraction of sp³-hybridized carbons (Fsp3) is 0.400. The molecule has 2 aliphatic carbocycles. The van der Waals surface area contributed by atoms with Crippen molar-refractivity contribution < 1.29 is 31.5 Å². The number of nitrogens with one attached hydrogen (secondary N) is 1. The summed E-state index contributed by atoms with van der Waals surface area (Å²) in [7, 11) is -3.99. The average Bonchev–Trinajstić information content (AvgIpc) is 3.38. The van der Waals surface area contributed by atoms with E-state index in [9.17, 15) is 22.4 Å². The summed E-state index contributed by atoms with van der Waals surface area (Å²) in [5.74, 6) is 1.98. The van der Waals surface area contributed by atoms with Crippen molar-refractivity contribution >= 4 is 27.7 Å². The van der Waals surface area contributed by atoms with Gasteiger partial charge in [-0.25, -0.2) is 22.3 Å². The summed E-state index contributed by atoms with van der Waals surface area (Å²) in [4.78, 5) is 27.0. The van der Waals surface area contributed by atoms with Gasteiger partial charge in [-0.3, -0.25) is 0 Å². The van der Waals surface area contributed by atoms with Crippen molar-refractivity contribution in [3.8, 4) is 12.3 Å². The van der Waals surface area contributed by atoms with Crippen molar-refractivity contribution in [1.82, 2.24) is 14.8 Å². The predicted octanol–water partition coefficient (Wildman–Crippen LogP) is 0.818. The smallest absolute Gasteiger partial charge is 0.357 e. The van der Waals surface area contributed by atoms with Gasteiger partial charge in [0.15, 0.2) is 18.8 Å². The predicted molar refractivity (Wildman–Crippen MR) is 107 cm³/mol. The summed E-state index contributed by atoms with van der Waals surface area (Å²) in [5.41, 5.74) is -0.239. The third-order valence-electron chi connectivity index (χ3n) is 5.35. The molecule has 0 spiro atoms. The number of halogens is 1. The minimum atomic E-state index is -3.99. The summed E-state index contributed by atoms with van der Waals surface area (Å²) >= 11 is 0. The highest BCUT2D eigenvalue weighted by Gasteiger charge is 2.49. The van der Waals surface area contributed by atoms with Crippen molar-refractivity contribution in [2.45, 2.75) is 37.1 Å². The van der Waals surface area contributed by atoms with Gasteiger partial charge >= 0.3 is 11.9 Å². The number of carbonyl (C=O) groups is 2. The van der Waals surface area contributed by atoms with Crippen molar-refractivity contribution in [3.63, 3.8) is 0 Å². The van der Waals surface area contributed by atoms with E-state index in [0.717, 1.165) is 4.90 Å². The number of hydrogen-bond acceptors (Lipinski definition) is 6. The number of carbonyl (C=O) groups excluding carboxylic acids is 2. The molecule has 1 saturated carbocycles. The molecule has 1 aromatic heterocycles. The highest BCUT2D eigenvalue weighted by atomic mass is 32.2. The molecular formula is C20H20FN4O5S+. The number of terminal acetylenes is 1. The van der Waals surface area contributed by atoms with Gasteiger partial charge in [0.1, 0.15) is 23.2 Å². The topological polar surface area (TPSA) is 113 Å². The van der Waals surface area contributed by atoms with E-state index in [4.69, 9.17) is 10.9 Å². The second-order valence-corrected chi connectivity index (χ2v) is 9.59. The van der Waals surface area contributed by atoms with Crippen molar-refractivity contribution in [1.29, 1.82) is 0 Å². The van der Waals surface area contributed by atoms with Crippen LogP contribution in [0.25, 0.3) is 0 Å². The number of hydrogen-bond donors (Lipinski definition) is 1. The van der Waals surface area contributed by atoms with Gasteiger partial charge in [-0.15, -0.1) is 11.3 Å². The van der Waals surface area contributed by atoms with Crippen LogP contribution in [0.1, 0.15) is 24.3 Å². The molecule has 31 heavy (non-hydrogen) atoms. The standard InChI is InChI=1S/C20H20FN4O5S/c1-3-8-24-17-5-4-15(31(28,29)23-20(12-21)6-7-20)10-16(17)18(26)25(19(24)27)11-14-9-13(2)22-30-14/h1,4-5,9-10,15,23H,6-8,11-12H2,2H3/q+1. The van der Waals surface area contributed by atoms with E-state index in [0.29, 0.717) is 24.3 Å². The number of sulfonamides is 1. The third-order valence-corrected chi connectivity index (χ3v) is 7.07. The summed E-state index contributed by atoms with van der Waals surface area (Å²) < 4.78 is 47.5. The maximum atomic E-state index is 13.2. The Labute approximate surface area is 178 Å². The van der Waals surface area contributed by atoms with Crippen LogP contribution in [0, 0.1) is 19.3 Å². The number of fused-ring (bicyclic) bond motifs is 1. The molecule has 3 amide bonds. The molecule has 0 radical (unpaired) electrons. The molecule has 11 heteroatoms. The molecule has 9 nitrogen and oxygen atoms in total. The fourth-order valence-electron chi connectivity index (χ4n) is 3.49. The minimum absolute atomic E-state index is 0.0223. The maximum absolute atomic E-state index is 13.2. The molecule has 1 atom stereocenters. The van der Waals surface area contributed by atoms with E-state index in [2.05, 4.69) is 15.8 Å². The number of amides is 3. The molecule has 0 bridgehead atoms. The molecule has 1 aromatic rings. The normalized spacial score (nSPS) is 22.3. The van der Waals surface area contributed by atoms with Crippen LogP contribution >= 0.6 is 0 Å². The molecule has 4 rings (SSSR count). The number of imide groups is 1. The summed E-state index contributed by atoms with van der Waals surface area (Å²) in [6.45, 7) is 0.596. The SMILES string of the molecule is C#CC[N+]1=C2C=CC(S(=O)(=O)NC3(CF)CC3)C=C2C(=O)N(Cc2cc(C)no2)C1=O. The van der Waals surface area contributed by atoms with Crippen LogP contribution < -0.4 is 4.72 Å². The van der Waals surface area contributed by atoms with Crippen LogP contribution in [-0.2, 0) is 21.4 Å². The number of urea groups is 1. The molecule has 162 valence electrons. The number of rotatable bonds is 7. The Morgan fingerprint density at radius 2 is 2.19 bits per heavy atom. The van der Waals surface area contributed by atoms with Gasteiger partial charge < -0.3 is 4.52 Å². The van der Waals surface area contributed by atoms with Gasteiger partial charge in [-0.2, -0.15) is 9.37 Å². The quantitative estimate of drug-likeness (QED) is 0.489. The zero-order valence-electron chi connectivity index (χ0n) is 16.7. The molecule has 1 fully saturated rings. The van der Waals surface area contributed by atoms with Crippen LogP contribution in [0.15, 0.2) is 34.4 Å². The van der Waals surface area contributed by atoms with Crippen LogP contribution in [0.2, 0.25) is 0 Å². The van der Waals surface area contributed by atoms with Crippen molar-refractivity contribution in [2.24, 2.45) is 0 Å². The van der Waals surface area contributed by atoms with E-state index >= 15 is 0 Å². The summed E-state index contributed by atoms with van der Waals surface area (Å²) in [5, 5.41) is 2.54. The second kappa shape index (κ2) is 7.55. The lowest BCUT2D eigenvalue weighted by Gasteiger charge is -2.25. The first-order chi connectivity index (χ1) is 14.7. The number of nitrogens with zero attached hydrogens (tertiary/aromatic N) is 3. The summed E-state index contributed by atoms with van der Waals surface area (Å²) in [6, 6.07) is 0.937. The highest BCUT2D eigenvalue weighted by Crippen LogP contribution is 2.37. The van der Waals surface area contributed by atoms with E-state index in [1.54, 1.807) is 13.0 Å². The molecule has 1 aliphatic heterocycles. The highest BCUT2D eigenvalue weighted by molar-refractivity contribution is 7.90. The molecule has 0 saturated heterocycles. The van der Waals surface area contributed by atoms with Gasteiger partial charge in [-0.1, -0.05) is 17.2 Å². The first kappa shape index (κ1) is 21.1. The second-order valence-electron chi connectivity index (χ2n) is 7.75. The Balaban J connectivity index is 1.70. The van der Waals surface area contributed by atoms with E-state index in [-0.39, 0.29) is 24.4 Å². The van der Waals surface area contributed by atoms with Crippen LogP contribution in [0.3, 0.4) is 0 Å². The van der Waals surface area contributed by atoms with Crippen LogP contribution in [0.5, 0.6) is 0 Å². The van der Waals surface area contributed by atoms with Gasteiger partial charge in [0.05, 0.1) is 11.2 Å². The Bertz CT molecular complexity index is 1200. The van der Waals surface area contributed by atoms with Crippen molar-refractivity contribution in [3.05, 3.63) is 41.3 Å². The van der Waals surface area contributed by atoms with Gasteiger partial charge in [0.2, 0.25) is 10.0 Å². The average molecular weight is 447 g/mol. The maximum Gasteiger partial charge on any atom is 0.502 e. The van der Waals surface area contributed by atoms with E-state index in [1.807, 2.05) is 0 Å². The number of aromatic nitrogens is 1. The number of aryl methyl sites for hydroxylation is 1. The lowest BCUT2D eigenvalue weighted by molar-refractivity contribution is -0.422. The van der Waals surface area contributed by atoms with Crippen LogP contribution in [0.4, 0.5) is 9.18 Å². The van der Waals surface area contributed by atoms with Crippen molar-refractivity contribution in [2.75, 3.05) is 13.2 Å². The lowest BCUT2D eigenvalue weighted by atomic mass is 9.99. The van der Waals surface area contributed by atoms with Crippen LogP contribution in [-0.4, -0.2) is 64.7 Å². The molecule has 3 aliphatic rings. The minimum Gasteiger partial charge on any atom is -0.357 e. The van der Waals surface area contributed by atoms with E-state index in [1.165, 1.54) is 22.8 Å². The Morgan fingerprint density at radius 1 is 1.45 bits per heavy atom. The zero-order chi connectivity index (χ0) is 22.4. The first-order valence-corrected chi connectivity index (χ1v) is 11.1. The molecule has 1 N–H and O–H groups in total.